The smallest absolute Gasteiger partial charge is 0.306 e. The quantitative estimate of drug-likeness (QED) is 0.0321. The van der Waals surface area contributed by atoms with Gasteiger partial charge in [0.2, 0.25) is 5.91 Å². The van der Waals surface area contributed by atoms with E-state index in [1.54, 1.807) is 0 Å². The Kier molecular flexibility index (Phi) is 48.7. The molecule has 6 heteroatoms. The molecule has 0 aliphatic heterocycles. The lowest BCUT2D eigenvalue weighted by Crippen LogP contribution is -2.46. The SMILES string of the molecule is CC/C=C\C/C=C\C/C=C\C/C=C\C/C=C\CCCCCC(=O)OC(C/C=C\C/C=C\C/C=C\C/C=C\CCCCC)CC(=O)NC(CO)C(O)CCCCCCCCCCCCCC. The molecule has 0 aliphatic carbocycles. The molecule has 0 aliphatic rings. The largest absolute Gasteiger partial charge is 0.461 e. The van der Waals surface area contributed by atoms with Gasteiger partial charge in [0.15, 0.2) is 0 Å². The zero-order chi connectivity index (χ0) is 47.4. The number of amides is 1. The van der Waals surface area contributed by atoms with Crippen LogP contribution in [-0.2, 0) is 14.3 Å². The molecule has 0 aromatic rings. The van der Waals surface area contributed by atoms with E-state index in [4.69, 9.17) is 4.74 Å². The number of nitrogens with one attached hydrogen (secondary N) is 1. The lowest BCUT2D eigenvalue weighted by molar-refractivity contribution is -0.150. The summed E-state index contributed by atoms with van der Waals surface area (Å²) in [4.78, 5) is 26.1. The number of aliphatic hydroxyl groups is 2. The van der Waals surface area contributed by atoms with E-state index in [2.05, 4.69) is 123 Å². The number of hydrogen-bond donors (Lipinski definition) is 3. The van der Waals surface area contributed by atoms with Crippen molar-refractivity contribution in [2.75, 3.05) is 6.61 Å². The highest BCUT2D eigenvalue weighted by molar-refractivity contribution is 5.77. The highest BCUT2D eigenvalue weighted by atomic mass is 16.5. The zero-order valence-corrected chi connectivity index (χ0v) is 42.1. The van der Waals surface area contributed by atoms with Crippen molar-refractivity contribution in [1.29, 1.82) is 0 Å². The highest BCUT2D eigenvalue weighted by Crippen LogP contribution is 2.15. The Bertz CT molecular complexity index is 1330. The van der Waals surface area contributed by atoms with Gasteiger partial charge in [-0.3, -0.25) is 9.59 Å². The third kappa shape index (κ3) is 46.8. The number of carbonyl (C=O) groups is 2. The summed E-state index contributed by atoms with van der Waals surface area (Å²) >= 11 is 0. The summed E-state index contributed by atoms with van der Waals surface area (Å²) in [5.74, 6) is -0.622. The molecule has 0 saturated carbocycles. The van der Waals surface area contributed by atoms with Crippen LogP contribution in [0.15, 0.2) is 109 Å². The Balaban J connectivity index is 4.78. The van der Waals surface area contributed by atoms with Gasteiger partial charge >= 0.3 is 5.97 Å². The van der Waals surface area contributed by atoms with E-state index in [1.165, 1.54) is 77.0 Å². The molecule has 0 saturated heterocycles. The first-order chi connectivity index (χ1) is 32.0. The van der Waals surface area contributed by atoms with E-state index >= 15 is 0 Å². The third-order valence-corrected chi connectivity index (χ3v) is 11.3. The number of esters is 1. The van der Waals surface area contributed by atoms with Gasteiger partial charge in [-0.25, -0.2) is 0 Å². The van der Waals surface area contributed by atoms with Crippen LogP contribution in [0.2, 0.25) is 0 Å². The van der Waals surface area contributed by atoms with Crippen LogP contribution in [0.3, 0.4) is 0 Å². The second kappa shape index (κ2) is 51.5. The lowest BCUT2D eigenvalue weighted by atomic mass is 10.0. The maximum Gasteiger partial charge on any atom is 0.306 e. The average Bonchev–Trinajstić information content (AvgIpc) is 3.30. The average molecular weight is 902 g/mol. The summed E-state index contributed by atoms with van der Waals surface area (Å²) in [6.07, 6.45) is 70.2. The van der Waals surface area contributed by atoms with Crippen LogP contribution in [0.1, 0.15) is 226 Å². The van der Waals surface area contributed by atoms with Gasteiger partial charge in [-0.1, -0.05) is 226 Å². The van der Waals surface area contributed by atoms with E-state index in [0.717, 1.165) is 103 Å². The molecule has 3 N–H and O–H groups in total. The van der Waals surface area contributed by atoms with Crippen molar-refractivity contribution in [1.82, 2.24) is 5.32 Å². The van der Waals surface area contributed by atoms with Crippen molar-refractivity contribution in [3.05, 3.63) is 109 Å². The molecule has 0 spiro atoms. The molecular weight excluding hydrogens is 803 g/mol. The first kappa shape index (κ1) is 61.5. The van der Waals surface area contributed by atoms with Crippen LogP contribution >= 0.6 is 0 Å². The molecule has 3 atom stereocenters. The van der Waals surface area contributed by atoms with Crippen molar-refractivity contribution in [3.63, 3.8) is 0 Å². The van der Waals surface area contributed by atoms with Gasteiger partial charge < -0.3 is 20.3 Å². The van der Waals surface area contributed by atoms with Crippen molar-refractivity contribution >= 4 is 11.9 Å². The van der Waals surface area contributed by atoms with Crippen LogP contribution in [0, 0.1) is 0 Å². The Morgan fingerprint density at radius 2 is 0.862 bits per heavy atom. The van der Waals surface area contributed by atoms with Gasteiger partial charge in [0.25, 0.3) is 0 Å². The third-order valence-electron chi connectivity index (χ3n) is 11.3. The van der Waals surface area contributed by atoms with Crippen LogP contribution in [0.25, 0.3) is 0 Å². The van der Waals surface area contributed by atoms with Crippen LogP contribution < -0.4 is 5.32 Å². The maximum atomic E-state index is 13.2. The monoisotopic (exact) mass is 902 g/mol. The molecule has 0 aromatic carbocycles. The fourth-order valence-corrected chi connectivity index (χ4v) is 7.32. The van der Waals surface area contributed by atoms with Gasteiger partial charge in [0, 0.05) is 12.8 Å². The minimum absolute atomic E-state index is 0.0182. The number of aliphatic hydroxyl groups excluding tert-OH is 2. The van der Waals surface area contributed by atoms with Crippen molar-refractivity contribution in [3.8, 4) is 0 Å². The van der Waals surface area contributed by atoms with Crippen molar-refractivity contribution < 1.29 is 24.5 Å². The number of ether oxygens (including phenoxy) is 1. The number of unbranched alkanes of at least 4 members (excludes halogenated alkanes) is 17. The van der Waals surface area contributed by atoms with Gasteiger partial charge in [-0.2, -0.15) is 0 Å². The van der Waals surface area contributed by atoms with Gasteiger partial charge in [-0.05, 0) is 89.9 Å². The van der Waals surface area contributed by atoms with Gasteiger partial charge in [0.05, 0.1) is 25.2 Å². The Labute approximate surface area is 400 Å². The van der Waals surface area contributed by atoms with Crippen molar-refractivity contribution in [2.45, 2.75) is 244 Å². The van der Waals surface area contributed by atoms with Gasteiger partial charge in [-0.15, -0.1) is 0 Å². The minimum atomic E-state index is -0.823. The van der Waals surface area contributed by atoms with Crippen molar-refractivity contribution in [2.24, 2.45) is 0 Å². The molecule has 1 amide bonds. The molecule has 65 heavy (non-hydrogen) atoms. The molecule has 0 aromatic heterocycles. The highest BCUT2D eigenvalue weighted by Gasteiger charge is 2.23. The molecule has 370 valence electrons. The molecule has 0 fully saturated rings. The second-order valence-corrected chi connectivity index (χ2v) is 17.5. The van der Waals surface area contributed by atoms with E-state index in [-0.39, 0.29) is 24.9 Å². The van der Waals surface area contributed by atoms with E-state index in [1.807, 2.05) is 12.2 Å². The summed E-state index contributed by atoms with van der Waals surface area (Å²) in [6, 6.07) is -0.744. The number of carbonyl (C=O) groups excluding carboxylic acids is 2. The molecule has 0 rings (SSSR count). The normalized spacial score (nSPS) is 14.1. The predicted molar refractivity (Wildman–Crippen MR) is 282 cm³/mol. The maximum absolute atomic E-state index is 13.2. The van der Waals surface area contributed by atoms with Crippen LogP contribution in [-0.4, -0.2) is 46.9 Å². The Morgan fingerprint density at radius 1 is 0.477 bits per heavy atom. The van der Waals surface area contributed by atoms with E-state index < -0.39 is 18.2 Å². The van der Waals surface area contributed by atoms with Gasteiger partial charge in [0.1, 0.15) is 6.10 Å². The Hall–Kier alpha value is -3.48. The summed E-state index contributed by atoms with van der Waals surface area (Å²) in [6.45, 7) is 6.30. The standard InChI is InChI=1S/C59H99NO5/c1-4-7-10-13-16-19-22-25-27-28-29-30-32-34-37-40-43-46-49-52-59(64)65-55(50-47-44-41-38-35-33-31-26-23-20-17-14-11-8-5-2)53-58(63)60-56(54-61)57(62)51-48-45-42-39-36-24-21-18-15-12-9-6-3/h7,10,16-17,19-20,25-27,29-31,34-35,37-38,44,47,55-57,61-62H,4-6,8-9,11-15,18,21-24,28,32-33,36,39-43,45-46,48-54H2,1-3H3,(H,60,63)/b10-7-,19-16-,20-17-,27-25-,30-29-,31-26-,37-34-,38-35-,47-44-. The first-order valence-corrected chi connectivity index (χ1v) is 26.6. The molecule has 0 heterocycles. The summed E-state index contributed by atoms with van der Waals surface area (Å²) < 4.78 is 5.86. The number of allylic oxidation sites excluding steroid dienone is 17. The van der Waals surface area contributed by atoms with Crippen LogP contribution in [0.4, 0.5) is 0 Å². The minimum Gasteiger partial charge on any atom is -0.461 e. The number of rotatable bonds is 46. The first-order valence-electron chi connectivity index (χ1n) is 26.6. The predicted octanol–water partition coefficient (Wildman–Crippen LogP) is 16.3. The van der Waals surface area contributed by atoms with Crippen LogP contribution in [0.5, 0.6) is 0 Å². The Morgan fingerprint density at radius 3 is 1.32 bits per heavy atom. The molecule has 3 unspecified atom stereocenters. The zero-order valence-electron chi connectivity index (χ0n) is 42.1. The summed E-state index contributed by atoms with van der Waals surface area (Å²) in [5, 5.41) is 23.7. The molecular formula is C59H99NO5. The van der Waals surface area contributed by atoms with E-state index in [9.17, 15) is 19.8 Å². The molecule has 0 radical (unpaired) electrons. The summed E-state index contributed by atoms with van der Waals surface area (Å²) in [7, 11) is 0. The molecule has 6 nitrogen and oxygen atoms in total. The summed E-state index contributed by atoms with van der Waals surface area (Å²) in [5.41, 5.74) is 0. The molecule has 0 bridgehead atoms. The number of hydrogen-bond acceptors (Lipinski definition) is 5. The van der Waals surface area contributed by atoms with E-state index in [0.29, 0.717) is 19.3 Å². The topological polar surface area (TPSA) is 95.9 Å². The lowest BCUT2D eigenvalue weighted by Gasteiger charge is -2.24. The second-order valence-electron chi connectivity index (χ2n) is 17.5. The fourth-order valence-electron chi connectivity index (χ4n) is 7.32. The fraction of sp³-hybridized carbons (Fsp3) is 0.661.